The smallest absolute Gasteiger partial charge is 0.0716 e. The summed E-state index contributed by atoms with van der Waals surface area (Å²) in [6.45, 7) is 4.37. The lowest BCUT2D eigenvalue weighted by atomic mass is 10.1. The number of morpholine rings is 1. The van der Waals surface area contributed by atoms with Gasteiger partial charge in [-0.2, -0.15) is 0 Å². The van der Waals surface area contributed by atoms with Crippen LogP contribution in [0.1, 0.15) is 12.5 Å². The summed E-state index contributed by atoms with van der Waals surface area (Å²) < 4.78 is 5.40. The van der Waals surface area contributed by atoms with E-state index in [1.165, 1.54) is 0 Å². The van der Waals surface area contributed by atoms with Crippen molar-refractivity contribution in [2.45, 2.75) is 19.6 Å². The fourth-order valence-electron chi connectivity index (χ4n) is 2.06. The summed E-state index contributed by atoms with van der Waals surface area (Å²) in [5.41, 5.74) is 1.82. The summed E-state index contributed by atoms with van der Waals surface area (Å²) >= 11 is 6.08. The normalized spacial score (nSPS) is 21.2. The summed E-state index contributed by atoms with van der Waals surface area (Å²) in [5, 5.41) is 10.00. The average molecular weight is 242 g/mol. The van der Waals surface area contributed by atoms with Crippen LogP contribution in [0.15, 0.2) is 18.2 Å². The molecule has 1 aromatic carbocycles. The molecule has 0 amide bonds. The van der Waals surface area contributed by atoms with E-state index in [9.17, 15) is 5.11 Å². The van der Waals surface area contributed by atoms with Crippen molar-refractivity contribution < 1.29 is 9.84 Å². The van der Waals surface area contributed by atoms with Gasteiger partial charge in [0.15, 0.2) is 0 Å². The number of ether oxygens (including phenoxy) is 1. The topological polar surface area (TPSA) is 32.7 Å². The number of aliphatic hydroxyl groups is 1. The van der Waals surface area contributed by atoms with E-state index in [4.69, 9.17) is 16.3 Å². The Hall–Kier alpha value is -0.770. The van der Waals surface area contributed by atoms with E-state index in [0.29, 0.717) is 11.1 Å². The van der Waals surface area contributed by atoms with Gasteiger partial charge in [0, 0.05) is 28.9 Å². The molecule has 1 heterocycles. The maximum atomic E-state index is 9.37. The molecule has 1 N–H and O–H groups in total. The molecule has 4 heteroatoms. The largest absolute Gasteiger partial charge is 0.392 e. The Morgan fingerprint density at radius 1 is 1.56 bits per heavy atom. The number of aliphatic hydroxyl groups excluding tert-OH is 1. The number of hydrogen-bond acceptors (Lipinski definition) is 3. The van der Waals surface area contributed by atoms with Crippen LogP contribution in [0.25, 0.3) is 0 Å². The van der Waals surface area contributed by atoms with Gasteiger partial charge in [-0.05, 0) is 19.1 Å². The molecule has 88 valence electrons. The van der Waals surface area contributed by atoms with Crippen molar-refractivity contribution in [2.24, 2.45) is 0 Å². The third-order valence-corrected chi connectivity index (χ3v) is 3.28. The van der Waals surface area contributed by atoms with E-state index in [2.05, 4.69) is 11.8 Å². The molecule has 0 radical (unpaired) electrons. The first kappa shape index (κ1) is 11.7. The third kappa shape index (κ3) is 2.17. The lowest BCUT2D eigenvalue weighted by molar-refractivity contribution is 0.0987. The zero-order valence-corrected chi connectivity index (χ0v) is 10.1. The van der Waals surface area contributed by atoms with Crippen LogP contribution < -0.4 is 4.90 Å². The van der Waals surface area contributed by atoms with Gasteiger partial charge in [-0.3, -0.25) is 0 Å². The molecule has 1 aromatic rings. The Morgan fingerprint density at radius 2 is 2.38 bits per heavy atom. The van der Waals surface area contributed by atoms with Crippen molar-refractivity contribution >= 4 is 17.3 Å². The van der Waals surface area contributed by atoms with Crippen LogP contribution in [0.3, 0.4) is 0 Å². The molecule has 0 aliphatic carbocycles. The zero-order valence-electron chi connectivity index (χ0n) is 9.32. The van der Waals surface area contributed by atoms with Crippen LogP contribution in [0.5, 0.6) is 0 Å². The van der Waals surface area contributed by atoms with Gasteiger partial charge < -0.3 is 14.7 Å². The Balaban J connectivity index is 2.34. The standard InChI is InChI=1S/C12H16ClNO2/c1-9-8-16-6-5-14(9)12-4-2-3-11(13)10(12)7-15/h2-4,9,15H,5-8H2,1H3. The minimum absolute atomic E-state index is 0.0287. The fraction of sp³-hybridized carbons (Fsp3) is 0.500. The Morgan fingerprint density at radius 3 is 3.06 bits per heavy atom. The third-order valence-electron chi connectivity index (χ3n) is 2.93. The molecule has 1 aliphatic heterocycles. The van der Waals surface area contributed by atoms with E-state index in [0.717, 1.165) is 31.0 Å². The van der Waals surface area contributed by atoms with Gasteiger partial charge in [0.25, 0.3) is 0 Å². The number of rotatable bonds is 2. The fourth-order valence-corrected chi connectivity index (χ4v) is 2.29. The maximum absolute atomic E-state index is 9.37. The van der Waals surface area contributed by atoms with Gasteiger partial charge in [-0.15, -0.1) is 0 Å². The second kappa shape index (κ2) is 5.04. The molecule has 0 saturated carbocycles. The SMILES string of the molecule is CC1COCCN1c1cccc(Cl)c1CO. The van der Waals surface area contributed by atoms with Crippen molar-refractivity contribution in [2.75, 3.05) is 24.7 Å². The summed E-state index contributed by atoms with van der Waals surface area (Å²) in [6.07, 6.45) is 0. The van der Waals surface area contributed by atoms with Gasteiger partial charge in [-0.1, -0.05) is 17.7 Å². The van der Waals surface area contributed by atoms with Crippen molar-refractivity contribution in [3.63, 3.8) is 0 Å². The molecule has 1 atom stereocenters. The molecule has 0 spiro atoms. The van der Waals surface area contributed by atoms with Crippen LogP contribution in [0.4, 0.5) is 5.69 Å². The van der Waals surface area contributed by atoms with Gasteiger partial charge in [-0.25, -0.2) is 0 Å². The maximum Gasteiger partial charge on any atom is 0.0716 e. The summed E-state index contributed by atoms with van der Waals surface area (Å²) in [6, 6.07) is 6.04. The number of anilines is 1. The number of benzene rings is 1. The molecule has 2 rings (SSSR count). The van der Waals surface area contributed by atoms with Gasteiger partial charge in [0.05, 0.1) is 19.8 Å². The minimum Gasteiger partial charge on any atom is -0.392 e. The molecule has 16 heavy (non-hydrogen) atoms. The second-order valence-electron chi connectivity index (χ2n) is 4.01. The highest BCUT2D eigenvalue weighted by atomic mass is 35.5. The first-order valence-corrected chi connectivity index (χ1v) is 5.84. The Kier molecular flexibility index (Phi) is 3.69. The average Bonchev–Trinajstić information content (AvgIpc) is 2.29. The minimum atomic E-state index is -0.0287. The summed E-state index contributed by atoms with van der Waals surface area (Å²) in [5.74, 6) is 0. The van der Waals surface area contributed by atoms with Gasteiger partial charge in [0.1, 0.15) is 0 Å². The van der Waals surface area contributed by atoms with Crippen molar-refractivity contribution in [3.8, 4) is 0 Å². The van der Waals surface area contributed by atoms with Crippen molar-refractivity contribution in [3.05, 3.63) is 28.8 Å². The van der Waals surface area contributed by atoms with Gasteiger partial charge >= 0.3 is 0 Å². The van der Waals surface area contributed by atoms with E-state index in [-0.39, 0.29) is 6.61 Å². The number of nitrogens with zero attached hydrogens (tertiary/aromatic N) is 1. The van der Waals surface area contributed by atoms with E-state index in [1.807, 2.05) is 18.2 Å². The molecule has 0 aromatic heterocycles. The molecular weight excluding hydrogens is 226 g/mol. The van der Waals surface area contributed by atoms with Crippen LogP contribution >= 0.6 is 11.6 Å². The Bertz CT molecular complexity index is 370. The summed E-state index contributed by atoms with van der Waals surface area (Å²) in [4.78, 5) is 2.24. The predicted octanol–water partition coefficient (Wildman–Crippen LogP) is 2.06. The van der Waals surface area contributed by atoms with Crippen LogP contribution in [0, 0.1) is 0 Å². The highest BCUT2D eigenvalue weighted by molar-refractivity contribution is 6.31. The molecule has 1 aliphatic rings. The molecule has 1 unspecified atom stereocenters. The molecule has 1 saturated heterocycles. The van der Waals surface area contributed by atoms with E-state index < -0.39 is 0 Å². The number of halogens is 1. The van der Waals surface area contributed by atoms with E-state index in [1.54, 1.807) is 0 Å². The van der Waals surface area contributed by atoms with Crippen LogP contribution in [-0.4, -0.2) is 30.9 Å². The van der Waals surface area contributed by atoms with E-state index >= 15 is 0 Å². The van der Waals surface area contributed by atoms with Crippen LogP contribution in [-0.2, 0) is 11.3 Å². The predicted molar refractivity (Wildman–Crippen MR) is 65.0 cm³/mol. The second-order valence-corrected chi connectivity index (χ2v) is 4.42. The summed E-state index contributed by atoms with van der Waals surface area (Å²) in [7, 11) is 0. The zero-order chi connectivity index (χ0) is 11.5. The number of hydrogen-bond donors (Lipinski definition) is 1. The molecule has 1 fully saturated rings. The highest BCUT2D eigenvalue weighted by Crippen LogP contribution is 2.29. The highest BCUT2D eigenvalue weighted by Gasteiger charge is 2.21. The van der Waals surface area contributed by atoms with Gasteiger partial charge in [0.2, 0.25) is 0 Å². The van der Waals surface area contributed by atoms with Crippen LogP contribution in [0.2, 0.25) is 5.02 Å². The first-order valence-electron chi connectivity index (χ1n) is 5.46. The first-order chi connectivity index (χ1) is 7.74. The molecular formula is C12H16ClNO2. The van der Waals surface area contributed by atoms with Crippen molar-refractivity contribution in [1.29, 1.82) is 0 Å². The lowest BCUT2D eigenvalue weighted by Gasteiger charge is -2.36. The lowest BCUT2D eigenvalue weighted by Crippen LogP contribution is -2.44. The van der Waals surface area contributed by atoms with Crippen molar-refractivity contribution in [1.82, 2.24) is 0 Å². The molecule has 0 bridgehead atoms. The quantitative estimate of drug-likeness (QED) is 0.860. The Labute approximate surface area is 101 Å². The molecule has 3 nitrogen and oxygen atoms in total. The monoisotopic (exact) mass is 241 g/mol.